The van der Waals surface area contributed by atoms with Gasteiger partial charge in [-0.05, 0) is 36.1 Å². The van der Waals surface area contributed by atoms with Crippen molar-refractivity contribution in [1.29, 1.82) is 0 Å². The van der Waals surface area contributed by atoms with Gasteiger partial charge in [0.05, 0.1) is 0 Å². The molecule has 0 fully saturated rings. The van der Waals surface area contributed by atoms with Gasteiger partial charge in [-0.2, -0.15) is 23.5 Å². The number of carboxylic acids is 1. The van der Waals surface area contributed by atoms with Crippen molar-refractivity contribution in [2.24, 2.45) is 0 Å². The maximum atomic E-state index is 10.9. The molecule has 1 N–H and O–H groups in total. The molecule has 2 aromatic carbocycles. The van der Waals surface area contributed by atoms with Crippen LogP contribution in [0, 0.1) is 0 Å². The minimum absolute atomic E-state index is 0.287. The van der Waals surface area contributed by atoms with Gasteiger partial charge in [-0.15, -0.1) is 0 Å². The highest BCUT2D eigenvalue weighted by Crippen LogP contribution is 2.27. The Balaban J connectivity index is 1.82. The number of carbonyl (C=O) groups is 1. The minimum Gasteiger partial charge on any atom is -0.481 e. The molecule has 0 heterocycles. The highest BCUT2D eigenvalue weighted by molar-refractivity contribution is 7.99. The molecule has 0 amide bonds. The van der Waals surface area contributed by atoms with Gasteiger partial charge in [0, 0.05) is 25.9 Å². The number of aliphatic carboxylic acids is 1. The summed E-state index contributed by atoms with van der Waals surface area (Å²) in [6.07, 6.45) is -0.0860. The van der Waals surface area contributed by atoms with Crippen molar-refractivity contribution in [1.82, 2.24) is 0 Å². The third-order valence-corrected chi connectivity index (χ3v) is 6.45. The van der Waals surface area contributed by atoms with Crippen molar-refractivity contribution in [2.75, 3.05) is 5.75 Å². The first-order valence-corrected chi connectivity index (χ1v) is 11.1. The van der Waals surface area contributed by atoms with Crippen molar-refractivity contribution in [3.63, 3.8) is 0 Å². The summed E-state index contributed by atoms with van der Waals surface area (Å²) >= 11 is 3.75. The molecule has 0 saturated carbocycles. The summed E-state index contributed by atoms with van der Waals surface area (Å²) in [5.74, 6) is 1.83. The molecule has 0 spiro atoms. The zero-order chi connectivity index (χ0) is 20.2. The topological polar surface area (TPSA) is 37.3 Å². The quantitative estimate of drug-likeness (QED) is 0.410. The van der Waals surface area contributed by atoms with E-state index in [2.05, 4.69) is 36.4 Å². The summed E-state index contributed by atoms with van der Waals surface area (Å²) in [5.41, 5.74) is 2.58. The van der Waals surface area contributed by atoms with E-state index >= 15 is 0 Å². The van der Waals surface area contributed by atoms with Crippen molar-refractivity contribution in [3.8, 4) is 0 Å². The Bertz CT molecular complexity index is 696. The summed E-state index contributed by atoms with van der Waals surface area (Å²) in [4.78, 5) is 10.9. The first-order chi connectivity index (χ1) is 13.4. The summed E-state index contributed by atoms with van der Waals surface area (Å²) in [6, 6.07) is 20.7. The largest absolute Gasteiger partial charge is 0.481 e. The Morgan fingerprint density at radius 3 is 2.19 bits per heavy atom. The van der Waals surface area contributed by atoms with E-state index in [1.54, 1.807) is 0 Å². The Morgan fingerprint density at radius 1 is 0.962 bits per heavy atom. The van der Waals surface area contributed by atoms with Crippen LogP contribution < -0.4 is 0 Å². The normalized spacial score (nSPS) is 13.7. The lowest BCUT2D eigenvalue weighted by Crippen LogP contribution is -2.06. The average Bonchev–Trinajstić information content (AvgIpc) is 2.67. The summed E-state index contributed by atoms with van der Waals surface area (Å²) in [7, 11) is 0. The molecule has 0 aliphatic rings. The molecule has 140 valence electrons. The lowest BCUT2D eigenvalue weighted by Gasteiger charge is -2.16. The number of benzene rings is 2. The van der Waals surface area contributed by atoms with E-state index in [9.17, 15) is 4.79 Å². The average molecular weight is 391 g/mol. The number of thioether (sulfide) groups is 2. The molecule has 1 unspecified atom stereocenters. The van der Waals surface area contributed by atoms with Gasteiger partial charge in [0.25, 0.3) is 0 Å². The molecular formula is C22H28O2S2. The Labute approximate surface area is 168 Å². The molecule has 0 aliphatic heterocycles. The lowest BCUT2D eigenvalue weighted by molar-refractivity contribution is -0.137. The fraction of sp³-hybridized carbons (Fsp3) is 0.409. The summed E-state index contributed by atoms with van der Waals surface area (Å²) in [6.45, 7) is 0. The first kappa shape index (κ1) is 18.0. The van der Waals surface area contributed by atoms with Gasteiger partial charge in [-0.3, -0.25) is 4.79 Å². The molecule has 0 radical (unpaired) electrons. The SMILES string of the molecule is [2H]C([2H])(CCC(CCSCc1ccccc1)SCc1ccccc1)CC(=O)O. The van der Waals surface area contributed by atoms with Crippen LogP contribution >= 0.6 is 23.5 Å². The molecule has 0 bridgehead atoms. The van der Waals surface area contributed by atoms with Crippen LogP contribution in [-0.2, 0) is 16.3 Å². The van der Waals surface area contributed by atoms with Crippen molar-refractivity contribution >= 4 is 29.5 Å². The van der Waals surface area contributed by atoms with E-state index in [0.717, 1.165) is 23.7 Å². The monoisotopic (exact) mass is 390 g/mol. The maximum absolute atomic E-state index is 10.9. The second kappa shape index (κ2) is 12.9. The molecule has 2 rings (SSSR count). The minimum atomic E-state index is -1.64. The maximum Gasteiger partial charge on any atom is 0.303 e. The second-order valence-corrected chi connectivity index (χ2v) is 8.50. The first-order valence-electron chi connectivity index (χ1n) is 9.94. The zero-order valence-corrected chi connectivity index (χ0v) is 16.6. The standard InChI is InChI=1S/C22H28O2S2/c23-22(24)14-8-7-13-21(26-18-20-11-5-2-6-12-20)15-16-25-17-19-9-3-1-4-10-19/h1-6,9-12,21H,7-8,13-18H2,(H,23,24)/i8D2. The van der Waals surface area contributed by atoms with Crippen LogP contribution in [0.1, 0.15) is 45.9 Å². The highest BCUT2D eigenvalue weighted by Gasteiger charge is 2.10. The fourth-order valence-electron chi connectivity index (χ4n) is 2.54. The summed E-state index contributed by atoms with van der Waals surface area (Å²) < 4.78 is 15.9. The Morgan fingerprint density at radius 2 is 1.58 bits per heavy atom. The van der Waals surface area contributed by atoms with E-state index < -0.39 is 18.8 Å². The molecular weight excluding hydrogens is 360 g/mol. The predicted molar refractivity (Wildman–Crippen MR) is 115 cm³/mol. The van der Waals surface area contributed by atoms with Gasteiger partial charge in [0.1, 0.15) is 0 Å². The lowest BCUT2D eigenvalue weighted by atomic mass is 10.1. The third kappa shape index (κ3) is 9.35. The predicted octanol–water partition coefficient (Wildman–Crippen LogP) is 6.26. The Kier molecular flexibility index (Phi) is 8.92. The van der Waals surface area contributed by atoms with E-state index in [4.69, 9.17) is 7.85 Å². The van der Waals surface area contributed by atoms with E-state index in [-0.39, 0.29) is 6.42 Å². The van der Waals surface area contributed by atoms with Crippen molar-refractivity contribution in [3.05, 3.63) is 71.8 Å². The third-order valence-electron chi connectivity index (χ3n) is 3.94. The molecule has 4 heteroatoms. The Hall–Kier alpha value is -1.39. The molecule has 26 heavy (non-hydrogen) atoms. The van der Waals surface area contributed by atoms with E-state index in [1.807, 2.05) is 47.8 Å². The molecule has 0 aromatic heterocycles. The number of carboxylic acid groups (broad SMARTS) is 1. The van der Waals surface area contributed by atoms with Crippen LogP contribution in [0.25, 0.3) is 0 Å². The summed E-state index contributed by atoms with van der Waals surface area (Å²) in [5, 5.41) is 9.23. The van der Waals surface area contributed by atoms with Gasteiger partial charge in [0.2, 0.25) is 0 Å². The van der Waals surface area contributed by atoms with Gasteiger partial charge in [-0.25, -0.2) is 0 Å². The van der Waals surface area contributed by atoms with Gasteiger partial charge >= 0.3 is 5.97 Å². The number of hydrogen-bond acceptors (Lipinski definition) is 3. The number of hydrogen-bond donors (Lipinski definition) is 1. The molecule has 0 saturated heterocycles. The van der Waals surface area contributed by atoms with Gasteiger partial charge < -0.3 is 5.11 Å². The van der Waals surface area contributed by atoms with Crippen LogP contribution in [0.3, 0.4) is 0 Å². The van der Waals surface area contributed by atoms with Gasteiger partial charge in [0.15, 0.2) is 0 Å². The van der Waals surface area contributed by atoms with Crippen molar-refractivity contribution in [2.45, 2.75) is 48.8 Å². The number of rotatable bonds is 13. The second-order valence-electron chi connectivity index (χ2n) is 6.10. The van der Waals surface area contributed by atoms with Crippen LogP contribution in [0.2, 0.25) is 0 Å². The molecule has 2 nitrogen and oxygen atoms in total. The van der Waals surface area contributed by atoms with Gasteiger partial charge in [-0.1, -0.05) is 67.1 Å². The fourth-order valence-corrected chi connectivity index (χ4v) is 4.90. The smallest absolute Gasteiger partial charge is 0.303 e. The van der Waals surface area contributed by atoms with Crippen LogP contribution in [0.5, 0.6) is 0 Å². The highest BCUT2D eigenvalue weighted by atomic mass is 32.2. The van der Waals surface area contributed by atoms with Crippen LogP contribution in [0.4, 0.5) is 0 Å². The molecule has 2 aromatic rings. The van der Waals surface area contributed by atoms with E-state index in [0.29, 0.717) is 11.7 Å². The molecule has 1 atom stereocenters. The van der Waals surface area contributed by atoms with Crippen LogP contribution in [0.15, 0.2) is 60.7 Å². The van der Waals surface area contributed by atoms with Crippen LogP contribution in [-0.4, -0.2) is 22.1 Å². The molecule has 0 aliphatic carbocycles. The zero-order valence-electron chi connectivity index (χ0n) is 17.0. The van der Waals surface area contributed by atoms with E-state index in [1.165, 1.54) is 11.1 Å². The van der Waals surface area contributed by atoms with Crippen molar-refractivity contribution < 1.29 is 12.6 Å².